The average molecular weight is 291 g/mol. The van der Waals surface area contributed by atoms with E-state index in [2.05, 4.69) is 38.1 Å². The third-order valence-corrected chi connectivity index (χ3v) is 3.72. The molecule has 0 saturated carbocycles. The quantitative estimate of drug-likeness (QED) is 0.634. The molecular weight excluding hydrogens is 271 g/mol. The van der Waals surface area contributed by atoms with Crippen LogP contribution in [0.3, 0.4) is 0 Å². The number of alkyl halides is 1. The fourth-order valence-electron chi connectivity index (χ4n) is 2.28. The van der Waals surface area contributed by atoms with Crippen LogP contribution >= 0.6 is 11.6 Å². The monoisotopic (exact) mass is 290 g/mol. The second kappa shape index (κ2) is 6.90. The number of hydrogen-bond acceptors (Lipinski definition) is 0. The highest BCUT2D eigenvalue weighted by Gasteiger charge is 2.09. The maximum Gasteiger partial charge on any atom is 0.123 e. The van der Waals surface area contributed by atoms with Crippen molar-refractivity contribution < 1.29 is 4.39 Å². The third-order valence-electron chi connectivity index (χ3n) is 3.31. The van der Waals surface area contributed by atoms with Gasteiger partial charge in [0.2, 0.25) is 0 Å². The zero-order chi connectivity index (χ0) is 14.5. The summed E-state index contributed by atoms with van der Waals surface area (Å²) >= 11 is 6.44. The first-order valence-corrected chi connectivity index (χ1v) is 7.45. The number of rotatable bonds is 5. The maximum atomic E-state index is 12.9. The fraction of sp³-hybridized carbons (Fsp3) is 0.333. The number of hydrogen-bond donors (Lipinski definition) is 0. The van der Waals surface area contributed by atoms with Crippen LogP contribution in [-0.2, 0) is 12.8 Å². The van der Waals surface area contributed by atoms with Gasteiger partial charge in [0.15, 0.2) is 0 Å². The lowest BCUT2D eigenvalue weighted by molar-refractivity contribution is 0.627. The standard InChI is InChI=1S/C18H20ClF/c1-13(2)11-14-3-7-16(8-4-14)18(19)12-15-5-9-17(20)10-6-15/h3-10,13,18H,11-12H2,1-2H3. The van der Waals surface area contributed by atoms with E-state index in [1.165, 1.54) is 17.7 Å². The van der Waals surface area contributed by atoms with Gasteiger partial charge in [-0.25, -0.2) is 4.39 Å². The molecule has 1 unspecified atom stereocenters. The maximum absolute atomic E-state index is 12.9. The molecule has 0 aromatic heterocycles. The number of benzene rings is 2. The van der Waals surface area contributed by atoms with Gasteiger partial charge in [0.05, 0.1) is 5.38 Å². The average Bonchev–Trinajstić information content (AvgIpc) is 2.41. The first-order chi connectivity index (χ1) is 9.54. The summed E-state index contributed by atoms with van der Waals surface area (Å²) in [6, 6.07) is 15.0. The van der Waals surface area contributed by atoms with Crippen molar-refractivity contribution in [2.75, 3.05) is 0 Å². The third kappa shape index (κ3) is 4.35. The van der Waals surface area contributed by atoms with Crippen LogP contribution in [0.1, 0.15) is 35.9 Å². The van der Waals surface area contributed by atoms with Gasteiger partial charge in [-0.2, -0.15) is 0 Å². The highest BCUT2D eigenvalue weighted by atomic mass is 35.5. The molecule has 0 radical (unpaired) electrons. The molecule has 0 aliphatic carbocycles. The van der Waals surface area contributed by atoms with Crippen molar-refractivity contribution in [2.24, 2.45) is 5.92 Å². The summed E-state index contributed by atoms with van der Waals surface area (Å²) in [5, 5.41) is -0.0754. The number of halogens is 2. The minimum absolute atomic E-state index is 0.0754. The van der Waals surface area contributed by atoms with E-state index < -0.39 is 0 Å². The van der Waals surface area contributed by atoms with Gasteiger partial charge in [0.25, 0.3) is 0 Å². The van der Waals surface area contributed by atoms with Crippen molar-refractivity contribution >= 4 is 11.6 Å². The summed E-state index contributed by atoms with van der Waals surface area (Å²) < 4.78 is 12.9. The summed E-state index contributed by atoms with van der Waals surface area (Å²) in [6.07, 6.45) is 1.80. The van der Waals surface area contributed by atoms with Crippen LogP contribution in [0.4, 0.5) is 4.39 Å². The van der Waals surface area contributed by atoms with Gasteiger partial charge in [0, 0.05) is 0 Å². The molecule has 20 heavy (non-hydrogen) atoms. The summed E-state index contributed by atoms with van der Waals surface area (Å²) in [5.74, 6) is 0.449. The SMILES string of the molecule is CC(C)Cc1ccc(C(Cl)Cc2ccc(F)cc2)cc1. The Labute approximate surface area is 125 Å². The van der Waals surface area contributed by atoms with Crippen molar-refractivity contribution in [1.82, 2.24) is 0 Å². The molecule has 0 amide bonds. The van der Waals surface area contributed by atoms with E-state index >= 15 is 0 Å². The van der Waals surface area contributed by atoms with Crippen molar-refractivity contribution in [3.63, 3.8) is 0 Å². The molecule has 0 N–H and O–H groups in total. The van der Waals surface area contributed by atoms with Gasteiger partial charge < -0.3 is 0 Å². The Bertz CT molecular complexity index is 528. The molecule has 2 rings (SSSR count). The first kappa shape index (κ1) is 15.1. The molecule has 2 aromatic carbocycles. The van der Waals surface area contributed by atoms with Crippen LogP contribution in [0, 0.1) is 11.7 Å². The summed E-state index contributed by atoms with van der Waals surface area (Å²) in [4.78, 5) is 0. The predicted molar refractivity (Wildman–Crippen MR) is 83.7 cm³/mol. The van der Waals surface area contributed by atoms with E-state index in [-0.39, 0.29) is 11.2 Å². The zero-order valence-electron chi connectivity index (χ0n) is 11.9. The van der Waals surface area contributed by atoms with E-state index in [9.17, 15) is 4.39 Å². The second-order valence-corrected chi connectivity index (χ2v) is 6.16. The van der Waals surface area contributed by atoms with Gasteiger partial charge in [-0.1, -0.05) is 50.2 Å². The van der Waals surface area contributed by atoms with Crippen molar-refractivity contribution in [3.8, 4) is 0 Å². The van der Waals surface area contributed by atoms with Crippen LogP contribution in [0.5, 0.6) is 0 Å². The fourth-order valence-corrected chi connectivity index (χ4v) is 2.60. The summed E-state index contributed by atoms with van der Waals surface area (Å²) in [6.45, 7) is 4.43. The van der Waals surface area contributed by atoms with Gasteiger partial charge >= 0.3 is 0 Å². The Hall–Kier alpha value is -1.34. The Morgan fingerprint density at radius 1 is 0.850 bits per heavy atom. The molecule has 0 aliphatic rings. The minimum atomic E-state index is -0.210. The van der Waals surface area contributed by atoms with Crippen LogP contribution in [0.2, 0.25) is 0 Å². The van der Waals surface area contributed by atoms with Crippen molar-refractivity contribution in [2.45, 2.75) is 32.1 Å². The zero-order valence-corrected chi connectivity index (χ0v) is 12.7. The van der Waals surface area contributed by atoms with E-state index in [4.69, 9.17) is 11.6 Å². The molecule has 0 heterocycles. The Morgan fingerprint density at radius 3 is 1.90 bits per heavy atom. The molecule has 0 saturated heterocycles. The highest BCUT2D eigenvalue weighted by Crippen LogP contribution is 2.25. The topological polar surface area (TPSA) is 0 Å². The molecule has 0 bridgehead atoms. The molecular formula is C18H20ClF. The molecule has 1 atom stereocenters. The van der Waals surface area contributed by atoms with E-state index in [1.54, 1.807) is 12.1 Å². The lowest BCUT2D eigenvalue weighted by Gasteiger charge is -2.11. The summed E-state index contributed by atoms with van der Waals surface area (Å²) in [5.41, 5.74) is 3.51. The highest BCUT2D eigenvalue weighted by molar-refractivity contribution is 6.20. The molecule has 0 aliphatic heterocycles. The minimum Gasteiger partial charge on any atom is -0.207 e. The normalized spacial score (nSPS) is 12.7. The molecule has 0 nitrogen and oxygen atoms in total. The molecule has 106 valence electrons. The van der Waals surface area contributed by atoms with Crippen LogP contribution in [-0.4, -0.2) is 0 Å². The molecule has 0 spiro atoms. The lowest BCUT2D eigenvalue weighted by atomic mass is 9.99. The summed E-state index contributed by atoms with van der Waals surface area (Å²) in [7, 11) is 0. The smallest absolute Gasteiger partial charge is 0.123 e. The second-order valence-electron chi connectivity index (χ2n) is 5.64. The van der Waals surface area contributed by atoms with Gasteiger partial charge in [0.1, 0.15) is 5.82 Å². The van der Waals surface area contributed by atoms with E-state index in [0.29, 0.717) is 12.3 Å². The van der Waals surface area contributed by atoms with Crippen LogP contribution in [0.25, 0.3) is 0 Å². The van der Waals surface area contributed by atoms with Crippen LogP contribution in [0.15, 0.2) is 48.5 Å². The van der Waals surface area contributed by atoms with Gasteiger partial charge in [-0.3, -0.25) is 0 Å². The predicted octanol–water partition coefficient (Wildman–Crippen LogP) is 5.55. The first-order valence-electron chi connectivity index (χ1n) is 7.02. The largest absolute Gasteiger partial charge is 0.207 e. The Morgan fingerprint density at radius 2 is 1.35 bits per heavy atom. The van der Waals surface area contributed by atoms with E-state index in [1.807, 2.05) is 0 Å². The molecule has 2 heteroatoms. The van der Waals surface area contributed by atoms with E-state index in [0.717, 1.165) is 17.5 Å². The van der Waals surface area contributed by atoms with Crippen molar-refractivity contribution in [1.29, 1.82) is 0 Å². The molecule has 0 fully saturated rings. The van der Waals surface area contributed by atoms with Crippen molar-refractivity contribution in [3.05, 3.63) is 71.0 Å². The van der Waals surface area contributed by atoms with Crippen LogP contribution < -0.4 is 0 Å². The Kier molecular flexibility index (Phi) is 5.19. The lowest BCUT2D eigenvalue weighted by Crippen LogP contribution is -1.98. The Balaban J connectivity index is 2.01. The van der Waals surface area contributed by atoms with Gasteiger partial charge in [-0.15, -0.1) is 11.6 Å². The van der Waals surface area contributed by atoms with Gasteiger partial charge in [-0.05, 0) is 47.6 Å². The molecule has 2 aromatic rings.